The topological polar surface area (TPSA) is 30.6 Å². The highest BCUT2D eigenvalue weighted by molar-refractivity contribution is 8.76. The molecule has 1 heterocycles. The van der Waals surface area contributed by atoms with Crippen LogP contribution in [0.3, 0.4) is 0 Å². The van der Waals surface area contributed by atoms with Gasteiger partial charge in [-0.25, -0.2) is 9.13 Å². The largest absolute Gasteiger partial charge is 0.383 e. The van der Waals surface area contributed by atoms with Gasteiger partial charge in [-0.3, -0.25) is 0 Å². The van der Waals surface area contributed by atoms with E-state index in [2.05, 4.69) is 187 Å². The molecule has 7 aromatic rings. The average molecular weight is 847 g/mol. The Kier molecular flexibility index (Phi) is 13.5. The van der Waals surface area contributed by atoms with Crippen LogP contribution in [0.1, 0.15) is 17.0 Å². The van der Waals surface area contributed by atoms with Crippen LogP contribution in [0.2, 0.25) is 10.0 Å². The Morgan fingerprint density at radius 2 is 1.22 bits per heavy atom. The number of hydrogen-bond donors (Lipinski definition) is 1. The minimum Gasteiger partial charge on any atom is -0.383 e. The number of rotatable bonds is 16. The van der Waals surface area contributed by atoms with Crippen LogP contribution in [0.5, 0.6) is 0 Å². The van der Waals surface area contributed by atoms with E-state index < -0.39 is 0 Å². The first-order valence-corrected chi connectivity index (χ1v) is 22.7. The summed E-state index contributed by atoms with van der Waals surface area (Å²) >= 11 is 13.0. The van der Waals surface area contributed by atoms with Gasteiger partial charge in [0.1, 0.15) is 6.54 Å². The molecular formula is C48H51Cl2N6S2+. The summed E-state index contributed by atoms with van der Waals surface area (Å²) in [5.74, 6) is 3.06. The zero-order valence-electron chi connectivity index (χ0n) is 34.0. The summed E-state index contributed by atoms with van der Waals surface area (Å²) in [6, 6.07) is 38.3. The first-order valence-electron chi connectivity index (χ1n) is 19.5. The maximum absolute atomic E-state index is 6.51. The maximum Gasteiger partial charge on any atom is 0.282 e. The van der Waals surface area contributed by atoms with E-state index in [4.69, 9.17) is 23.2 Å². The quantitative estimate of drug-likeness (QED) is 0.0592. The van der Waals surface area contributed by atoms with E-state index in [9.17, 15) is 0 Å². The monoisotopic (exact) mass is 845 g/mol. The predicted octanol–water partition coefficient (Wildman–Crippen LogP) is 12.0. The number of benzene rings is 6. The first kappa shape index (κ1) is 41.4. The number of hydrogen-bond acceptors (Lipinski definition) is 6. The fraction of sp³-hybridized carbons (Fsp3) is 0.229. The van der Waals surface area contributed by atoms with E-state index in [1.165, 1.54) is 49.6 Å². The number of nitrogens with zero attached hydrogens (tertiary/aromatic N) is 5. The molecule has 298 valence electrons. The Bertz CT molecular complexity index is 2610. The minimum atomic E-state index is 0.726. The molecule has 0 fully saturated rings. The van der Waals surface area contributed by atoms with Crippen molar-refractivity contribution in [3.63, 3.8) is 0 Å². The summed E-state index contributed by atoms with van der Waals surface area (Å²) < 4.78 is 4.66. The third-order valence-electron chi connectivity index (χ3n) is 10.5. The lowest BCUT2D eigenvalue weighted by molar-refractivity contribution is -0.669. The molecule has 0 aliphatic heterocycles. The van der Waals surface area contributed by atoms with Crippen molar-refractivity contribution in [2.75, 3.05) is 79.9 Å². The fourth-order valence-corrected chi connectivity index (χ4v) is 9.78. The maximum atomic E-state index is 6.51. The summed E-state index contributed by atoms with van der Waals surface area (Å²) in [6.45, 7) is 2.46. The Labute approximate surface area is 361 Å². The second-order valence-corrected chi connectivity index (χ2v) is 18.4. The van der Waals surface area contributed by atoms with Crippen molar-refractivity contribution in [3.05, 3.63) is 142 Å². The number of halogens is 2. The molecule has 10 heteroatoms. The predicted molar refractivity (Wildman–Crippen MR) is 261 cm³/mol. The van der Waals surface area contributed by atoms with Crippen LogP contribution in [0.4, 0.5) is 22.7 Å². The van der Waals surface area contributed by atoms with Gasteiger partial charge in [-0.05, 0) is 70.4 Å². The lowest BCUT2D eigenvalue weighted by Crippen LogP contribution is -2.37. The summed E-state index contributed by atoms with van der Waals surface area (Å²) in [5.41, 5.74) is 9.30. The number of anilines is 4. The molecule has 0 radical (unpaired) electrons. The van der Waals surface area contributed by atoms with E-state index in [-0.39, 0.29) is 0 Å². The molecular weight excluding hydrogens is 796 g/mol. The van der Waals surface area contributed by atoms with Crippen LogP contribution in [0.25, 0.3) is 50.8 Å². The molecule has 0 aliphatic rings. The zero-order chi connectivity index (χ0) is 40.8. The molecule has 0 unspecified atom stereocenters. The number of aryl methyl sites for hydroxylation is 2. The number of likely N-dealkylation sites (N-methyl/N-ethyl adjacent to an activating group) is 1. The second-order valence-electron chi connectivity index (χ2n) is 14.8. The van der Waals surface area contributed by atoms with Crippen LogP contribution in [0.15, 0.2) is 115 Å². The number of fused-ring (bicyclic) bond motifs is 3. The van der Waals surface area contributed by atoms with Crippen molar-refractivity contribution in [2.24, 2.45) is 7.05 Å². The molecule has 0 saturated heterocycles. The minimum absolute atomic E-state index is 0.726. The van der Waals surface area contributed by atoms with Crippen molar-refractivity contribution >= 4 is 118 Å². The molecule has 6 aromatic carbocycles. The molecule has 58 heavy (non-hydrogen) atoms. The van der Waals surface area contributed by atoms with Crippen molar-refractivity contribution in [1.29, 1.82) is 0 Å². The third-order valence-corrected chi connectivity index (χ3v) is 13.3. The first-order chi connectivity index (χ1) is 28.1. The van der Waals surface area contributed by atoms with Gasteiger partial charge >= 0.3 is 0 Å². The van der Waals surface area contributed by atoms with Crippen molar-refractivity contribution in [2.45, 2.75) is 6.54 Å². The number of nitrogens with one attached hydrogen (secondary N) is 1. The van der Waals surface area contributed by atoms with Gasteiger partial charge in [-0.1, -0.05) is 118 Å². The smallest absolute Gasteiger partial charge is 0.282 e. The highest BCUT2D eigenvalue weighted by atomic mass is 35.5. The second kappa shape index (κ2) is 18.9. The van der Waals surface area contributed by atoms with Gasteiger partial charge in [0.15, 0.2) is 11.0 Å². The van der Waals surface area contributed by atoms with E-state index in [1.807, 2.05) is 39.8 Å². The summed E-state index contributed by atoms with van der Waals surface area (Å²) in [4.78, 5) is 6.58. The van der Waals surface area contributed by atoms with Crippen LogP contribution in [-0.2, 0) is 13.6 Å². The van der Waals surface area contributed by atoms with E-state index in [0.717, 1.165) is 63.9 Å². The van der Waals surface area contributed by atoms with E-state index >= 15 is 0 Å². The van der Waals surface area contributed by atoms with Crippen LogP contribution < -0.4 is 24.6 Å². The highest BCUT2D eigenvalue weighted by Gasteiger charge is 2.21. The standard InChI is InChI=1S/C48H51Cl2N6S2/c1-52(2)43-23-17-34(38-13-7-9-15-40(38)43)12-11-28-54(5)46-32-36(49)20-22-42(46)51-27-30-57-58-31-29-56-45-25-21-37(50)33-47(45)55(6)48(56)26-19-35-18-24-44(53(3)4)41-16-10-8-14-39(35)41/h7-26,32-33,51H,27-31H2,1-6H3/q+1. The van der Waals surface area contributed by atoms with Gasteiger partial charge in [-0.2, -0.15) is 0 Å². The summed E-state index contributed by atoms with van der Waals surface area (Å²) in [7, 11) is 16.4. The number of aromatic nitrogens is 2. The molecule has 0 aliphatic carbocycles. The van der Waals surface area contributed by atoms with Crippen LogP contribution in [-0.4, -0.2) is 64.4 Å². The molecule has 1 aromatic heterocycles. The molecule has 7 rings (SSSR count). The Balaban J connectivity index is 0.969. The molecule has 0 bridgehead atoms. The Hall–Kier alpha value is -4.73. The van der Waals surface area contributed by atoms with Gasteiger partial charge in [-0.15, -0.1) is 0 Å². The molecule has 6 nitrogen and oxygen atoms in total. The van der Waals surface area contributed by atoms with Gasteiger partial charge in [0.05, 0.1) is 18.4 Å². The average Bonchev–Trinajstić information content (AvgIpc) is 3.48. The molecule has 0 saturated carbocycles. The Morgan fingerprint density at radius 1 is 0.638 bits per heavy atom. The lowest BCUT2D eigenvalue weighted by Gasteiger charge is -2.22. The molecule has 0 amide bonds. The van der Waals surface area contributed by atoms with Gasteiger partial charge < -0.3 is 20.0 Å². The van der Waals surface area contributed by atoms with Crippen LogP contribution >= 0.6 is 44.8 Å². The van der Waals surface area contributed by atoms with Crippen molar-refractivity contribution in [1.82, 2.24) is 4.57 Å². The molecule has 0 spiro atoms. The van der Waals surface area contributed by atoms with Gasteiger partial charge in [0.25, 0.3) is 5.82 Å². The zero-order valence-corrected chi connectivity index (χ0v) is 37.2. The van der Waals surface area contributed by atoms with E-state index in [1.54, 1.807) is 0 Å². The number of imidazole rings is 1. The van der Waals surface area contributed by atoms with Gasteiger partial charge in [0.2, 0.25) is 0 Å². The third kappa shape index (κ3) is 9.26. The molecule has 1 N–H and O–H groups in total. The normalized spacial score (nSPS) is 11.8. The van der Waals surface area contributed by atoms with Crippen molar-refractivity contribution in [3.8, 4) is 0 Å². The van der Waals surface area contributed by atoms with Gasteiger partial charge in [0, 0.05) is 104 Å². The molecule has 0 atom stereocenters. The van der Waals surface area contributed by atoms with E-state index in [0.29, 0.717) is 0 Å². The summed E-state index contributed by atoms with van der Waals surface area (Å²) in [6.07, 6.45) is 8.93. The SMILES string of the molecule is CN(C)c1ccc(C=CCN(C)c2cc(Cl)ccc2NCCSSCC[n+]2c(C=Cc3ccc(N(C)C)c4ccccc34)n(C)c3cc(Cl)ccc32)c2ccccc12. The fourth-order valence-electron chi connectivity index (χ4n) is 7.59. The highest BCUT2D eigenvalue weighted by Crippen LogP contribution is 2.33. The Morgan fingerprint density at radius 3 is 1.88 bits per heavy atom. The summed E-state index contributed by atoms with van der Waals surface area (Å²) in [5, 5.41) is 10.1. The van der Waals surface area contributed by atoms with Crippen molar-refractivity contribution < 1.29 is 4.57 Å². The van der Waals surface area contributed by atoms with Crippen LogP contribution in [0, 0.1) is 0 Å². The lowest BCUT2D eigenvalue weighted by atomic mass is 10.0.